The zero-order valence-corrected chi connectivity index (χ0v) is 17.0. The van der Waals surface area contributed by atoms with Crippen LogP contribution in [-0.4, -0.2) is 23.0 Å². The standard InChI is InChI=1S/C23H37NO3/c1-3-4-5-6-7-8-9-10-11-12-13-14-15-16-17-18-19-20-22(25)24-21(2)23(26)27/h7-8,10-11,13-14,16-17,21H,3-6,9,12,15,18-20H2,1-2H3,(H,24,25)(H,26,27)/b8-7-,11-10-,14-13-,17-16-/t21-/m1/s1. The van der Waals surface area contributed by atoms with E-state index in [0.717, 1.165) is 32.1 Å². The van der Waals surface area contributed by atoms with Gasteiger partial charge in [-0.15, -0.1) is 0 Å². The summed E-state index contributed by atoms with van der Waals surface area (Å²) in [7, 11) is 0. The average molecular weight is 376 g/mol. The van der Waals surface area contributed by atoms with Gasteiger partial charge < -0.3 is 10.4 Å². The van der Waals surface area contributed by atoms with Crippen molar-refractivity contribution in [3.8, 4) is 0 Å². The Morgan fingerprint density at radius 3 is 1.78 bits per heavy atom. The van der Waals surface area contributed by atoms with Gasteiger partial charge in [0.05, 0.1) is 0 Å². The lowest BCUT2D eigenvalue weighted by Gasteiger charge is -2.08. The van der Waals surface area contributed by atoms with Crippen LogP contribution in [0.25, 0.3) is 0 Å². The molecule has 0 heterocycles. The molecule has 1 amide bonds. The highest BCUT2D eigenvalue weighted by Gasteiger charge is 2.12. The summed E-state index contributed by atoms with van der Waals surface area (Å²) >= 11 is 0. The summed E-state index contributed by atoms with van der Waals surface area (Å²) in [4.78, 5) is 22.1. The van der Waals surface area contributed by atoms with Crippen molar-refractivity contribution in [2.24, 2.45) is 0 Å². The monoisotopic (exact) mass is 375 g/mol. The summed E-state index contributed by atoms with van der Waals surface area (Å²) in [5.41, 5.74) is 0. The van der Waals surface area contributed by atoms with Crippen LogP contribution in [0.3, 0.4) is 0 Å². The molecule has 4 heteroatoms. The van der Waals surface area contributed by atoms with Crippen molar-refractivity contribution in [1.29, 1.82) is 0 Å². The second-order valence-electron chi connectivity index (χ2n) is 6.61. The van der Waals surface area contributed by atoms with Crippen LogP contribution in [-0.2, 0) is 9.59 Å². The molecule has 0 spiro atoms. The summed E-state index contributed by atoms with van der Waals surface area (Å²) in [6.45, 7) is 3.69. The SMILES string of the molecule is CCCCC/C=C\C/C=C\C/C=C\C/C=C\CCCC(=O)N[C@H](C)C(=O)O. The predicted octanol–water partition coefficient (Wildman–Crippen LogP) is 5.72. The van der Waals surface area contributed by atoms with Gasteiger partial charge in [-0.2, -0.15) is 0 Å². The molecule has 0 unspecified atom stereocenters. The minimum absolute atomic E-state index is 0.208. The molecule has 27 heavy (non-hydrogen) atoms. The highest BCUT2D eigenvalue weighted by atomic mass is 16.4. The van der Waals surface area contributed by atoms with Gasteiger partial charge in [-0.1, -0.05) is 68.4 Å². The molecule has 0 aliphatic carbocycles. The molecule has 0 saturated heterocycles. The molecule has 0 aromatic carbocycles. The molecule has 0 saturated carbocycles. The summed E-state index contributed by atoms with van der Waals surface area (Å²) in [5.74, 6) is -1.22. The third-order valence-corrected chi connectivity index (χ3v) is 3.98. The van der Waals surface area contributed by atoms with E-state index < -0.39 is 12.0 Å². The molecule has 0 radical (unpaired) electrons. The van der Waals surface area contributed by atoms with Gasteiger partial charge in [0.15, 0.2) is 0 Å². The van der Waals surface area contributed by atoms with E-state index in [1.807, 2.05) is 0 Å². The van der Waals surface area contributed by atoms with E-state index in [1.165, 1.54) is 32.6 Å². The molecular weight excluding hydrogens is 338 g/mol. The molecule has 0 aromatic heterocycles. The molecule has 2 N–H and O–H groups in total. The third kappa shape index (κ3) is 18.5. The minimum Gasteiger partial charge on any atom is -0.480 e. The second-order valence-corrected chi connectivity index (χ2v) is 6.61. The summed E-state index contributed by atoms with van der Waals surface area (Å²) < 4.78 is 0. The van der Waals surface area contributed by atoms with Crippen molar-refractivity contribution in [2.45, 2.75) is 84.1 Å². The fraction of sp³-hybridized carbons (Fsp3) is 0.565. The Morgan fingerprint density at radius 1 is 0.815 bits per heavy atom. The lowest BCUT2D eigenvalue weighted by molar-refractivity contribution is -0.141. The van der Waals surface area contributed by atoms with Gasteiger partial charge in [-0.25, -0.2) is 0 Å². The van der Waals surface area contributed by atoms with Gasteiger partial charge in [0.25, 0.3) is 0 Å². The summed E-state index contributed by atoms with van der Waals surface area (Å²) in [6, 6.07) is -0.825. The van der Waals surface area contributed by atoms with Crippen LogP contribution in [0, 0.1) is 0 Å². The topological polar surface area (TPSA) is 66.4 Å². The third-order valence-electron chi connectivity index (χ3n) is 3.98. The van der Waals surface area contributed by atoms with Crippen molar-refractivity contribution in [3.63, 3.8) is 0 Å². The van der Waals surface area contributed by atoms with Crippen molar-refractivity contribution in [2.75, 3.05) is 0 Å². The Kier molecular flexibility index (Phi) is 17.2. The number of nitrogens with one attached hydrogen (secondary N) is 1. The lowest BCUT2D eigenvalue weighted by Crippen LogP contribution is -2.38. The molecule has 1 atom stereocenters. The zero-order valence-electron chi connectivity index (χ0n) is 17.0. The first-order chi connectivity index (χ1) is 13.1. The fourth-order valence-corrected chi connectivity index (χ4v) is 2.32. The molecule has 0 aromatic rings. The summed E-state index contributed by atoms with van der Waals surface area (Å²) in [5, 5.41) is 11.2. The molecule has 0 fully saturated rings. The first-order valence-electron chi connectivity index (χ1n) is 10.2. The van der Waals surface area contributed by atoms with Crippen LogP contribution < -0.4 is 5.32 Å². The van der Waals surface area contributed by atoms with Crippen LogP contribution in [0.15, 0.2) is 48.6 Å². The van der Waals surface area contributed by atoms with E-state index >= 15 is 0 Å². The van der Waals surface area contributed by atoms with E-state index in [0.29, 0.717) is 6.42 Å². The van der Waals surface area contributed by atoms with Crippen molar-refractivity contribution < 1.29 is 14.7 Å². The van der Waals surface area contributed by atoms with Crippen LogP contribution >= 0.6 is 0 Å². The van der Waals surface area contributed by atoms with E-state index in [1.54, 1.807) is 0 Å². The highest BCUT2D eigenvalue weighted by Crippen LogP contribution is 2.01. The van der Waals surface area contributed by atoms with Gasteiger partial charge >= 0.3 is 5.97 Å². The molecular formula is C23H37NO3. The Labute approximate surface area is 165 Å². The van der Waals surface area contributed by atoms with Gasteiger partial charge in [0.1, 0.15) is 6.04 Å². The molecule has 152 valence electrons. The number of carbonyl (C=O) groups excluding carboxylic acids is 1. The molecule has 0 bridgehead atoms. The molecule has 0 aliphatic heterocycles. The van der Waals surface area contributed by atoms with Gasteiger partial charge in [0, 0.05) is 6.42 Å². The maximum absolute atomic E-state index is 11.5. The van der Waals surface area contributed by atoms with E-state index in [4.69, 9.17) is 5.11 Å². The zero-order chi connectivity index (χ0) is 20.2. The first kappa shape index (κ1) is 24.9. The Morgan fingerprint density at radius 2 is 1.30 bits per heavy atom. The number of unbranched alkanes of at least 4 members (excludes halogenated alkanes) is 4. The quantitative estimate of drug-likeness (QED) is 0.268. The van der Waals surface area contributed by atoms with Gasteiger partial charge in [-0.05, 0) is 51.9 Å². The minimum atomic E-state index is -1.01. The molecule has 4 nitrogen and oxygen atoms in total. The fourth-order valence-electron chi connectivity index (χ4n) is 2.32. The predicted molar refractivity (Wildman–Crippen MR) is 114 cm³/mol. The smallest absolute Gasteiger partial charge is 0.325 e. The average Bonchev–Trinajstić information content (AvgIpc) is 2.64. The van der Waals surface area contributed by atoms with Gasteiger partial charge in [0.2, 0.25) is 5.91 Å². The number of hydrogen-bond acceptors (Lipinski definition) is 2. The van der Waals surface area contributed by atoms with E-state index in [2.05, 4.69) is 60.8 Å². The highest BCUT2D eigenvalue weighted by molar-refractivity contribution is 5.83. The number of carboxylic acids is 1. The Bertz CT molecular complexity index is 504. The largest absolute Gasteiger partial charge is 0.480 e. The van der Waals surface area contributed by atoms with E-state index in [9.17, 15) is 9.59 Å². The van der Waals surface area contributed by atoms with Crippen molar-refractivity contribution in [3.05, 3.63) is 48.6 Å². The maximum atomic E-state index is 11.5. The van der Waals surface area contributed by atoms with Crippen LogP contribution in [0.2, 0.25) is 0 Å². The summed E-state index contributed by atoms with van der Waals surface area (Å²) in [6.07, 6.45) is 27.2. The van der Waals surface area contributed by atoms with Crippen LogP contribution in [0.5, 0.6) is 0 Å². The number of aliphatic carboxylic acids is 1. The lowest BCUT2D eigenvalue weighted by atomic mass is 10.2. The number of hydrogen-bond donors (Lipinski definition) is 2. The molecule has 0 rings (SSSR count). The number of amides is 1. The Hall–Kier alpha value is -2.10. The number of allylic oxidation sites excluding steroid dienone is 8. The number of carboxylic acid groups (broad SMARTS) is 1. The first-order valence-corrected chi connectivity index (χ1v) is 10.2. The normalized spacial score (nSPS) is 13.3. The number of carbonyl (C=O) groups is 2. The Balaban J connectivity index is 3.56. The van der Waals surface area contributed by atoms with Crippen molar-refractivity contribution in [1.82, 2.24) is 5.32 Å². The van der Waals surface area contributed by atoms with Gasteiger partial charge in [-0.3, -0.25) is 9.59 Å². The van der Waals surface area contributed by atoms with Crippen LogP contribution in [0.1, 0.15) is 78.1 Å². The molecule has 0 aliphatic rings. The number of rotatable bonds is 16. The van der Waals surface area contributed by atoms with Crippen LogP contribution in [0.4, 0.5) is 0 Å². The maximum Gasteiger partial charge on any atom is 0.325 e. The second kappa shape index (κ2) is 18.7. The van der Waals surface area contributed by atoms with Crippen molar-refractivity contribution >= 4 is 11.9 Å². The van der Waals surface area contributed by atoms with E-state index in [-0.39, 0.29) is 5.91 Å².